The Labute approximate surface area is 107 Å². The Balaban J connectivity index is 3.11. The molecule has 0 aromatic heterocycles. The third kappa shape index (κ3) is 3.58. The minimum absolute atomic E-state index is 0.381. The number of methoxy groups -OCH3 is 2. The number of rotatable bonds is 5. The lowest BCUT2D eigenvalue weighted by atomic mass is 10.0. The first-order chi connectivity index (χ1) is 8.62. The first-order valence-electron chi connectivity index (χ1n) is 5.93. The summed E-state index contributed by atoms with van der Waals surface area (Å²) >= 11 is 0. The second-order valence-electron chi connectivity index (χ2n) is 4.01. The van der Waals surface area contributed by atoms with Gasteiger partial charge in [0, 0.05) is 0 Å². The van der Waals surface area contributed by atoms with Crippen molar-refractivity contribution in [2.45, 2.75) is 26.2 Å². The second-order valence-corrected chi connectivity index (χ2v) is 4.01. The third-order valence-electron chi connectivity index (χ3n) is 2.65. The van der Waals surface area contributed by atoms with Crippen molar-refractivity contribution in [3.63, 3.8) is 0 Å². The van der Waals surface area contributed by atoms with Crippen LogP contribution in [0, 0.1) is 0 Å². The quantitative estimate of drug-likeness (QED) is 0.754. The van der Waals surface area contributed by atoms with Gasteiger partial charge in [0.1, 0.15) is 0 Å². The van der Waals surface area contributed by atoms with Crippen molar-refractivity contribution in [1.82, 2.24) is 0 Å². The van der Waals surface area contributed by atoms with Crippen LogP contribution >= 0.6 is 0 Å². The van der Waals surface area contributed by atoms with E-state index < -0.39 is 11.9 Å². The van der Waals surface area contributed by atoms with E-state index >= 15 is 0 Å². The van der Waals surface area contributed by atoms with Crippen LogP contribution in [-0.2, 0) is 15.9 Å². The van der Waals surface area contributed by atoms with E-state index in [2.05, 4.69) is 16.4 Å². The van der Waals surface area contributed by atoms with Crippen LogP contribution in [0.25, 0.3) is 0 Å². The van der Waals surface area contributed by atoms with E-state index in [4.69, 9.17) is 0 Å². The Morgan fingerprint density at radius 2 is 1.50 bits per heavy atom. The molecule has 0 amide bonds. The van der Waals surface area contributed by atoms with Gasteiger partial charge >= 0.3 is 11.9 Å². The molecule has 0 saturated heterocycles. The first kappa shape index (κ1) is 14.2. The van der Waals surface area contributed by atoms with Gasteiger partial charge in [0.25, 0.3) is 0 Å². The molecule has 0 bridgehead atoms. The second kappa shape index (κ2) is 6.79. The van der Waals surface area contributed by atoms with Crippen molar-refractivity contribution >= 4 is 11.9 Å². The average molecular weight is 250 g/mol. The number of aryl methyl sites for hydroxylation is 1. The molecule has 0 aliphatic carbocycles. The predicted octanol–water partition coefficient (Wildman–Crippen LogP) is 2.60. The summed E-state index contributed by atoms with van der Waals surface area (Å²) in [5, 5.41) is 0. The fraction of sp³-hybridized carbons (Fsp3) is 0.429. The number of hydrogen-bond donors (Lipinski definition) is 0. The number of carbonyl (C=O) groups excluding carboxylic acids is 2. The summed E-state index contributed by atoms with van der Waals surface area (Å²) in [4.78, 5) is 23.1. The molecule has 1 aromatic rings. The lowest BCUT2D eigenvalue weighted by Gasteiger charge is -2.07. The maximum atomic E-state index is 11.5. The molecule has 0 unspecified atom stereocenters. The Hall–Kier alpha value is -1.84. The van der Waals surface area contributed by atoms with Crippen LogP contribution in [-0.4, -0.2) is 26.2 Å². The van der Waals surface area contributed by atoms with Crippen molar-refractivity contribution in [2.24, 2.45) is 0 Å². The highest BCUT2D eigenvalue weighted by molar-refractivity contribution is 5.95. The van der Waals surface area contributed by atoms with Gasteiger partial charge in [-0.2, -0.15) is 0 Å². The van der Waals surface area contributed by atoms with E-state index in [-0.39, 0.29) is 0 Å². The van der Waals surface area contributed by atoms with E-state index in [9.17, 15) is 9.59 Å². The lowest BCUT2D eigenvalue weighted by molar-refractivity contribution is 0.0599. The van der Waals surface area contributed by atoms with Crippen molar-refractivity contribution < 1.29 is 19.1 Å². The standard InChI is InChI=1S/C14H18O4/c1-4-5-6-10-7-11(13(15)17-2)9-12(8-10)14(16)18-3/h7-9H,4-6H2,1-3H3. The summed E-state index contributed by atoms with van der Waals surface area (Å²) in [7, 11) is 2.64. The fourth-order valence-corrected chi connectivity index (χ4v) is 1.69. The molecule has 0 heterocycles. The van der Waals surface area contributed by atoms with Crippen LogP contribution in [0.15, 0.2) is 18.2 Å². The highest BCUT2D eigenvalue weighted by atomic mass is 16.5. The molecule has 0 atom stereocenters. The number of hydrogen-bond acceptors (Lipinski definition) is 4. The molecule has 1 aromatic carbocycles. The number of benzene rings is 1. The van der Waals surface area contributed by atoms with Gasteiger partial charge in [0.05, 0.1) is 25.3 Å². The summed E-state index contributed by atoms with van der Waals surface area (Å²) in [6.45, 7) is 2.09. The third-order valence-corrected chi connectivity index (χ3v) is 2.65. The van der Waals surface area contributed by atoms with Crippen LogP contribution in [0.4, 0.5) is 0 Å². The Morgan fingerprint density at radius 1 is 1.00 bits per heavy atom. The molecule has 0 aliphatic heterocycles. The first-order valence-corrected chi connectivity index (χ1v) is 5.93. The van der Waals surface area contributed by atoms with Crippen LogP contribution in [0.1, 0.15) is 46.0 Å². The van der Waals surface area contributed by atoms with Crippen molar-refractivity contribution in [2.75, 3.05) is 14.2 Å². The van der Waals surface area contributed by atoms with E-state index in [0.717, 1.165) is 24.8 Å². The van der Waals surface area contributed by atoms with Gasteiger partial charge in [-0.15, -0.1) is 0 Å². The Bertz CT molecular complexity index is 403. The van der Waals surface area contributed by atoms with Crippen molar-refractivity contribution in [1.29, 1.82) is 0 Å². The molecule has 18 heavy (non-hydrogen) atoms. The minimum atomic E-state index is -0.446. The molecule has 1 rings (SSSR count). The molecule has 0 aliphatic rings. The molecule has 0 N–H and O–H groups in total. The smallest absolute Gasteiger partial charge is 0.337 e. The lowest BCUT2D eigenvalue weighted by Crippen LogP contribution is -2.08. The number of carbonyl (C=O) groups is 2. The Morgan fingerprint density at radius 3 is 1.89 bits per heavy atom. The largest absolute Gasteiger partial charge is 0.465 e. The van der Waals surface area contributed by atoms with Gasteiger partial charge in [-0.1, -0.05) is 13.3 Å². The van der Waals surface area contributed by atoms with E-state index in [1.807, 2.05) is 0 Å². The summed E-state index contributed by atoms with van der Waals surface area (Å²) < 4.78 is 9.35. The SMILES string of the molecule is CCCCc1cc(C(=O)OC)cc(C(=O)OC)c1. The normalized spacial score (nSPS) is 9.94. The zero-order chi connectivity index (χ0) is 13.5. The van der Waals surface area contributed by atoms with Crippen LogP contribution in [0.5, 0.6) is 0 Å². The van der Waals surface area contributed by atoms with E-state index in [1.165, 1.54) is 20.3 Å². The number of esters is 2. The highest BCUT2D eigenvalue weighted by Gasteiger charge is 2.13. The number of unbranched alkanes of at least 4 members (excludes halogenated alkanes) is 1. The molecule has 0 radical (unpaired) electrons. The molecule has 0 fully saturated rings. The zero-order valence-corrected chi connectivity index (χ0v) is 11.0. The van der Waals surface area contributed by atoms with Crippen LogP contribution in [0.3, 0.4) is 0 Å². The van der Waals surface area contributed by atoms with Crippen LogP contribution < -0.4 is 0 Å². The molecular weight excluding hydrogens is 232 g/mol. The van der Waals surface area contributed by atoms with Crippen molar-refractivity contribution in [3.05, 3.63) is 34.9 Å². The summed E-state index contributed by atoms with van der Waals surface area (Å²) in [6, 6.07) is 5.01. The molecule has 0 spiro atoms. The van der Waals surface area contributed by atoms with Gasteiger partial charge in [-0.25, -0.2) is 9.59 Å². The average Bonchev–Trinajstić information content (AvgIpc) is 2.42. The maximum absolute atomic E-state index is 11.5. The van der Waals surface area contributed by atoms with Gasteiger partial charge in [0.2, 0.25) is 0 Å². The molecule has 4 nitrogen and oxygen atoms in total. The Kier molecular flexibility index (Phi) is 5.36. The predicted molar refractivity (Wildman–Crippen MR) is 67.7 cm³/mol. The van der Waals surface area contributed by atoms with Gasteiger partial charge < -0.3 is 9.47 Å². The zero-order valence-electron chi connectivity index (χ0n) is 11.0. The minimum Gasteiger partial charge on any atom is -0.465 e. The van der Waals surface area contributed by atoms with E-state index in [1.54, 1.807) is 12.1 Å². The van der Waals surface area contributed by atoms with E-state index in [0.29, 0.717) is 11.1 Å². The molecule has 4 heteroatoms. The summed E-state index contributed by atoms with van der Waals surface area (Å²) in [5.41, 5.74) is 1.71. The molecule has 98 valence electrons. The van der Waals surface area contributed by atoms with Gasteiger partial charge in [-0.05, 0) is 36.6 Å². The number of ether oxygens (including phenoxy) is 2. The summed E-state index contributed by atoms with van der Waals surface area (Å²) in [5.74, 6) is -0.892. The van der Waals surface area contributed by atoms with Gasteiger partial charge in [-0.3, -0.25) is 0 Å². The van der Waals surface area contributed by atoms with Crippen molar-refractivity contribution in [3.8, 4) is 0 Å². The highest BCUT2D eigenvalue weighted by Crippen LogP contribution is 2.15. The van der Waals surface area contributed by atoms with Gasteiger partial charge in [0.15, 0.2) is 0 Å². The topological polar surface area (TPSA) is 52.6 Å². The maximum Gasteiger partial charge on any atom is 0.337 e. The molecule has 0 saturated carbocycles. The monoisotopic (exact) mass is 250 g/mol. The van der Waals surface area contributed by atoms with Crippen LogP contribution in [0.2, 0.25) is 0 Å². The molecular formula is C14H18O4. The summed E-state index contributed by atoms with van der Waals surface area (Å²) in [6.07, 6.45) is 2.88. The fourth-order valence-electron chi connectivity index (χ4n) is 1.69.